The third-order valence-corrected chi connectivity index (χ3v) is 5.13. The van der Waals surface area contributed by atoms with E-state index >= 15 is 0 Å². The number of hydrogen-bond acceptors (Lipinski definition) is 5. The van der Waals surface area contributed by atoms with Gasteiger partial charge in [0.05, 0.1) is 24.9 Å². The largest absolute Gasteiger partial charge is 0.466 e. The molecule has 5 heteroatoms. The molecule has 0 saturated carbocycles. The molecular formula is C19H24O5. The van der Waals surface area contributed by atoms with Gasteiger partial charge in [-0.15, -0.1) is 0 Å². The highest BCUT2D eigenvalue weighted by atomic mass is 16.5. The summed E-state index contributed by atoms with van der Waals surface area (Å²) >= 11 is 0. The fraction of sp³-hybridized carbons (Fsp3) is 0.632. The van der Waals surface area contributed by atoms with Crippen LogP contribution in [0.15, 0.2) is 22.8 Å². The van der Waals surface area contributed by atoms with Gasteiger partial charge in [-0.1, -0.05) is 12.5 Å². The van der Waals surface area contributed by atoms with Crippen molar-refractivity contribution in [3.63, 3.8) is 0 Å². The van der Waals surface area contributed by atoms with E-state index in [0.29, 0.717) is 18.6 Å². The van der Waals surface area contributed by atoms with Crippen molar-refractivity contribution in [2.24, 2.45) is 5.41 Å². The molecule has 5 nitrogen and oxygen atoms in total. The van der Waals surface area contributed by atoms with Crippen LogP contribution in [0.4, 0.5) is 0 Å². The lowest BCUT2D eigenvalue weighted by molar-refractivity contribution is -0.142. The van der Waals surface area contributed by atoms with Gasteiger partial charge >= 0.3 is 11.9 Å². The highest BCUT2D eigenvalue weighted by Gasteiger charge is 2.53. The molecule has 0 amide bonds. The first-order valence-corrected chi connectivity index (χ1v) is 8.83. The summed E-state index contributed by atoms with van der Waals surface area (Å²) in [6.45, 7) is 2.23. The molecule has 1 saturated heterocycles. The molecule has 3 aliphatic rings. The first-order valence-electron chi connectivity index (χ1n) is 8.83. The van der Waals surface area contributed by atoms with Crippen LogP contribution in [0.5, 0.6) is 0 Å². The van der Waals surface area contributed by atoms with E-state index in [1.807, 2.05) is 0 Å². The monoisotopic (exact) mass is 332 g/mol. The molecule has 0 bridgehead atoms. The highest BCUT2D eigenvalue weighted by Crippen LogP contribution is 2.49. The summed E-state index contributed by atoms with van der Waals surface area (Å²) in [5, 5.41) is 0. The van der Waals surface area contributed by atoms with Crippen molar-refractivity contribution in [3.8, 4) is 0 Å². The van der Waals surface area contributed by atoms with E-state index < -0.39 is 5.41 Å². The Labute approximate surface area is 142 Å². The number of ketones is 1. The Morgan fingerprint density at radius 2 is 2.08 bits per heavy atom. The number of cyclic esters (lactones) is 1. The number of hydrogen-bond donors (Lipinski definition) is 0. The van der Waals surface area contributed by atoms with Crippen molar-refractivity contribution in [3.05, 3.63) is 22.8 Å². The minimum atomic E-state index is -0.790. The molecule has 1 fully saturated rings. The quantitative estimate of drug-likeness (QED) is 0.740. The molecule has 1 aliphatic heterocycles. The van der Waals surface area contributed by atoms with Gasteiger partial charge in [-0.2, -0.15) is 0 Å². The first-order chi connectivity index (χ1) is 11.6. The molecule has 0 aromatic heterocycles. The summed E-state index contributed by atoms with van der Waals surface area (Å²) in [5.41, 5.74) is 1.77. The summed E-state index contributed by atoms with van der Waals surface area (Å²) in [6.07, 6.45) is 7.98. The highest BCUT2D eigenvalue weighted by molar-refractivity contribution is 6.09. The maximum atomic E-state index is 13.2. The van der Waals surface area contributed by atoms with Gasteiger partial charge in [0.25, 0.3) is 0 Å². The van der Waals surface area contributed by atoms with Crippen molar-refractivity contribution >= 4 is 17.7 Å². The molecule has 0 aromatic rings. The van der Waals surface area contributed by atoms with Crippen molar-refractivity contribution in [2.75, 3.05) is 13.2 Å². The molecule has 1 spiro atoms. The van der Waals surface area contributed by atoms with E-state index in [4.69, 9.17) is 9.47 Å². The minimum absolute atomic E-state index is 0.0131. The Morgan fingerprint density at radius 3 is 2.79 bits per heavy atom. The molecular weight excluding hydrogens is 308 g/mol. The van der Waals surface area contributed by atoms with E-state index in [1.165, 1.54) is 0 Å². The molecule has 2 aliphatic carbocycles. The van der Waals surface area contributed by atoms with Gasteiger partial charge in [-0.3, -0.25) is 14.4 Å². The number of carbonyl (C=O) groups is 3. The second-order valence-corrected chi connectivity index (χ2v) is 6.91. The Kier molecular flexibility index (Phi) is 4.88. The lowest BCUT2D eigenvalue weighted by atomic mass is 9.81. The molecule has 0 aromatic carbocycles. The fourth-order valence-electron chi connectivity index (χ4n) is 4.01. The second-order valence-electron chi connectivity index (χ2n) is 6.91. The number of esters is 2. The van der Waals surface area contributed by atoms with Crippen molar-refractivity contribution in [1.29, 1.82) is 0 Å². The summed E-state index contributed by atoms with van der Waals surface area (Å²) in [6, 6.07) is 0. The summed E-state index contributed by atoms with van der Waals surface area (Å²) in [7, 11) is 0. The predicted molar refractivity (Wildman–Crippen MR) is 87.1 cm³/mol. The summed E-state index contributed by atoms with van der Waals surface area (Å²) in [5.74, 6) is -0.648. The zero-order chi connectivity index (χ0) is 17.2. The molecule has 24 heavy (non-hydrogen) atoms. The van der Waals surface area contributed by atoms with Crippen molar-refractivity contribution in [2.45, 2.75) is 58.3 Å². The number of Topliss-reactive ketones (excluding diaryl/α,β-unsaturated/α-hetero) is 1. The average molecular weight is 332 g/mol. The van der Waals surface area contributed by atoms with Gasteiger partial charge in [0.2, 0.25) is 0 Å². The third kappa shape index (κ3) is 3.17. The maximum absolute atomic E-state index is 13.2. The van der Waals surface area contributed by atoms with Crippen molar-refractivity contribution in [1.82, 2.24) is 0 Å². The molecule has 3 rings (SSSR count). The van der Waals surface area contributed by atoms with Crippen LogP contribution < -0.4 is 0 Å². The predicted octanol–water partition coefficient (Wildman–Crippen LogP) is 3.03. The van der Waals surface area contributed by atoms with E-state index in [0.717, 1.165) is 43.3 Å². The molecule has 0 radical (unpaired) electrons. The van der Waals surface area contributed by atoms with Crippen LogP contribution in [0.3, 0.4) is 0 Å². The number of carbonyl (C=O) groups excluding carboxylic acids is 3. The van der Waals surface area contributed by atoms with E-state index in [9.17, 15) is 14.4 Å². The van der Waals surface area contributed by atoms with Crippen LogP contribution >= 0.6 is 0 Å². The Balaban J connectivity index is 1.93. The zero-order valence-electron chi connectivity index (χ0n) is 14.2. The maximum Gasteiger partial charge on any atom is 0.309 e. The minimum Gasteiger partial charge on any atom is -0.466 e. The van der Waals surface area contributed by atoms with Crippen LogP contribution in [-0.4, -0.2) is 30.9 Å². The van der Waals surface area contributed by atoms with Crippen LogP contribution in [-0.2, 0) is 23.9 Å². The van der Waals surface area contributed by atoms with E-state index in [-0.39, 0.29) is 37.2 Å². The van der Waals surface area contributed by atoms with Crippen LogP contribution in [0.1, 0.15) is 58.3 Å². The summed E-state index contributed by atoms with van der Waals surface area (Å²) in [4.78, 5) is 36.8. The second kappa shape index (κ2) is 6.91. The third-order valence-electron chi connectivity index (χ3n) is 5.13. The lowest BCUT2D eigenvalue weighted by Crippen LogP contribution is -2.28. The Bertz CT molecular complexity index is 628. The smallest absolute Gasteiger partial charge is 0.309 e. The topological polar surface area (TPSA) is 69.7 Å². The Hall–Kier alpha value is -1.91. The van der Waals surface area contributed by atoms with E-state index in [2.05, 4.69) is 6.08 Å². The molecule has 1 heterocycles. The van der Waals surface area contributed by atoms with Crippen LogP contribution in [0, 0.1) is 5.41 Å². The molecule has 0 N–H and O–H groups in total. The molecule has 1 atom stereocenters. The van der Waals surface area contributed by atoms with Gasteiger partial charge in [-0.25, -0.2) is 0 Å². The number of rotatable bonds is 4. The Morgan fingerprint density at radius 1 is 1.25 bits per heavy atom. The van der Waals surface area contributed by atoms with Crippen LogP contribution in [0.25, 0.3) is 0 Å². The molecule has 130 valence electrons. The van der Waals surface area contributed by atoms with Gasteiger partial charge in [-0.05, 0) is 50.2 Å². The van der Waals surface area contributed by atoms with Gasteiger partial charge < -0.3 is 9.47 Å². The normalized spacial score (nSPS) is 27.3. The van der Waals surface area contributed by atoms with E-state index in [1.54, 1.807) is 6.92 Å². The van der Waals surface area contributed by atoms with Gasteiger partial charge in [0, 0.05) is 5.57 Å². The van der Waals surface area contributed by atoms with Crippen LogP contribution in [0.2, 0.25) is 0 Å². The average Bonchev–Trinajstić information content (AvgIpc) is 2.89. The fourth-order valence-corrected chi connectivity index (χ4v) is 4.01. The summed E-state index contributed by atoms with van der Waals surface area (Å²) < 4.78 is 10.2. The zero-order valence-corrected chi connectivity index (χ0v) is 14.2. The lowest BCUT2D eigenvalue weighted by Gasteiger charge is -2.18. The number of ether oxygens (including phenoxy) is 2. The SMILES string of the molecule is CCOC(=O)CC1=C(C2=CCCCCC2)C(=O)C2(COC(=O)C2)C1. The first kappa shape index (κ1) is 16.9. The van der Waals surface area contributed by atoms with Gasteiger partial charge in [0.15, 0.2) is 5.78 Å². The molecule has 1 unspecified atom stereocenters. The van der Waals surface area contributed by atoms with Crippen molar-refractivity contribution < 1.29 is 23.9 Å². The number of allylic oxidation sites excluding steroid dienone is 3. The standard InChI is InChI=1S/C19H24O5/c1-2-23-15(20)9-14-10-19(11-16(21)24-12-19)18(22)17(14)13-7-5-3-4-6-8-13/h7H,2-6,8-12H2,1H3. The van der Waals surface area contributed by atoms with Gasteiger partial charge in [0.1, 0.15) is 6.61 Å².